The van der Waals surface area contributed by atoms with Crippen LogP contribution in [0.4, 0.5) is 0 Å². The number of benzene rings is 1. The summed E-state index contributed by atoms with van der Waals surface area (Å²) in [6, 6.07) is 7.54. The van der Waals surface area contributed by atoms with Crippen LogP contribution in [0.25, 0.3) is 4.91 Å². The highest BCUT2D eigenvalue weighted by molar-refractivity contribution is 8.09. The molecule has 25 heavy (non-hydrogen) atoms. The summed E-state index contributed by atoms with van der Waals surface area (Å²) in [7, 11) is 6.00. The predicted molar refractivity (Wildman–Crippen MR) is 98.7 cm³/mol. The molecule has 0 spiro atoms. The van der Waals surface area contributed by atoms with Crippen molar-refractivity contribution in [3.05, 3.63) is 41.1 Å². The zero-order chi connectivity index (χ0) is 18.9. The van der Waals surface area contributed by atoms with E-state index in [1.165, 1.54) is 16.7 Å². The van der Waals surface area contributed by atoms with Crippen LogP contribution in [-0.2, 0) is 9.59 Å². The number of hydrogen-bond donors (Lipinski definition) is 2. The van der Waals surface area contributed by atoms with E-state index in [1.807, 2.05) is 57.2 Å². The zero-order valence-corrected chi connectivity index (χ0v) is 15.9. The highest BCUT2D eigenvalue weighted by atomic mass is 32.2. The van der Waals surface area contributed by atoms with Crippen LogP contribution in [0.15, 0.2) is 30.0 Å². The standard InChI is InChI=1S/C15H15NO4S.C3H9N/c1-7-4-3-5-9(6-7)12-11(15(19)20)16-13(18)10(8(2)17)14(16)21-12;1-4(2)3/h3-6,8,10,14,17H,1-2H3,(H,19,20);1-3H3/t8-,10+,14-;/m1./s1. The number of carboxylic acid groups (broad SMARTS) is 1. The summed E-state index contributed by atoms with van der Waals surface area (Å²) < 4.78 is 0. The lowest BCUT2D eigenvalue weighted by Gasteiger charge is -2.43. The number of carbonyl (C=O) groups excluding carboxylic acids is 1. The minimum absolute atomic E-state index is 0.0255. The number of fused-ring (bicyclic) bond motifs is 1. The van der Waals surface area contributed by atoms with Gasteiger partial charge in [-0.1, -0.05) is 41.6 Å². The number of hydrogen-bond acceptors (Lipinski definition) is 5. The minimum atomic E-state index is -1.11. The summed E-state index contributed by atoms with van der Waals surface area (Å²) >= 11 is 1.34. The number of aliphatic carboxylic acids is 1. The number of β-lactam (4-membered cyclic amide) rings is 1. The average Bonchev–Trinajstić information content (AvgIpc) is 2.81. The number of thioether (sulfide) groups is 1. The molecule has 1 amide bonds. The maximum absolute atomic E-state index is 12.1. The molecule has 1 fully saturated rings. The molecule has 0 saturated carbocycles. The van der Waals surface area contributed by atoms with Crippen molar-refractivity contribution in [2.24, 2.45) is 5.92 Å². The second kappa shape index (κ2) is 7.59. The first-order valence-electron chi connectivity index (χ1n) is 7.98. The highest BCUT2D eigenvalue weighted by Gasteiger charge is 2.57. The van der Waals surface area contributed by atoms with Crippen molar-refractivity contribution in [3.8, 4) is 0 Å². The molecule has 0 bridgehead atoms. The SMILES string of the molecule is CN(C)C.Cc1cccc(C2=C(C(=O)O)N3C(=O)[C@H]([C@@H](C)O)[C@H]3S2)c1. The Hall–Kier alpha value is -1.83. The number of aliphatic hydroxyl groups is 1. The molecule has 1 aromatic rings. The molecule has 136 valence electrons. The van der Waals surface area contributed by atoms with E-state index in [0.717, 1.165) is 11.1 Å². The molecular formula is C18H24N2O4S. The van der Waals surface area contributed by atoms with Crippen LogP contribution < -0.4 is 0 Å². The van der Waals surface area contributed by atoms with Gasteiger partial charge in [0, 0.05) is 4.91 Å². The third-order valence-corrected chi connectivity index (χ3v) is 5.19. The Kier molecular flexibility index (Phi) is 5.92. The summed E-state index contributed by atoms with van der Waals surface area (Å²) in [6.45, 7) is 3.49. The maximum Gasteiger partial charge on any atom is 0.353 e. The third kappa shape index (κ3) is 3.89. The fraction of sp³-hybridized carbons (Fsp3) is 0.444. The largest absolute Gasteiger partial charge is 0.477 e. The van der Waals surface area contributed by atoms with E-state index in [-0.39, 0.29) is 17.0 Å². The number of carbonyl (C=O) groups is 2. The number of aryl methyl sites for hydroxylation is 1. The van der Waals surface area contributed by atoms with Gasteiger partial charge in [0.05, 0.1) is 12.0 Å². The Bertz CT molecular complexity index is 712. The monoisotopic (exact) mass is 364 g/mol. The van der Waals surface area contributed by atoms with Gasteiger partial charge in [-0.15, -0.1) is 0 Å². The lowest BCUT2D eigenvalue weighted by molar-refractivity contribution is -0.156. The Morgan fingerprint density at radius 2 is 1.92 bits per heavy atom. The molecule has 0 radical (unpaired) electrons. The first kappa shape index (κ1) is 19.5. The van der Waals surface area contributed by atoms with Gasteiger partial charge in [-0.3, -0.25) is 9.69 Å². The van der Waals surface area contributed by atoms with E-state index < -0.39 is 18.0 Å². The molecule has 0 aromatic heterocycles. The molecule has 0 unspecified atom stereocenters. The highest BCUT2D eigenvalue weighted by Crippen LogP contribution is 2.53. The lowest BCUT2D eigenvalue weighted by Crippen LogP contribution is -2.60. The summed E-state index contributed by atoms with van der Waals surface area (Å²) in [4.78, 5) is 27.5. The molecule has 3 rings (SSSR count). The Morgan fingerprint density at radius 1 is 1.32 bits per heavy atom. The van der Waals surface area contributed by atoms with Gasteiger partial charge in [0.2, 0.25) is 5.91 Å². The van der Waals surface area contributed by atoms with E-state index in [9.17, 15) is 19.8 Å². The second-order valence-corrected chi connectivity index (χ2v) is 7.80. The van der Waals surface area contributed by atoms with Crippen molar-refractivity contribution in [2.75, 3.05) is 21.1 Å². The maximum atomic E-state index is 12.1. The number of amides is 1. The van der Waals surface area contributed by atoms with Crippen molar-refractivity contribution in [2.45, 2.75) is 25.3 Å². The Labute approximate surface area is 152 Å². The first-order valence-corrected chi connectivity index (χ1v) is 8.86. The number of carboxylic acids is 1. The van der Waals surface area contributed by atoms with Crippen LogP contribution in [0, 0.1) is 12.8 Å². The summed E-state index contributed by atoms with van der Waals surface area (Å²) in [5, 5.41) is 18.8. The van der Waals surface area contributed by atoms with Gasteiger partial charge in [-0.05, 0) is 40.6 Å². The molecule has 1 saturated heterocycles. The summed E-state index contributed by atoms with van der Waals surface area (Å²) in [5.41, 5.74) is 1.85. The van der Waals surface area contributed by atoms with E-state index in [1.54, 1.807) is 6.92 Å². The van der Waals surface area contributed by atoms with Gasteiger partial charge >= 0.3 is 5.97 Å². The van der Waals surface area contributed by atoms with Crippen LogP contribution in [-0.4, -0.2) is 64.5 Å². The van der Waals surface area contributed by atoms with Crippen LogP contribution in [0.1, 0.15) is 18.1 Å². The molecule has 2 aliphatic rings. The zero-order valence-electron chi connectivity index (χ0n) is 15.1. The summed E-state index contributed by atoms with van der Waals surface area (Å²) in [6.07, 6.45) is -0.779. The third-order valence-electron chi connectivity index (χ3n) is 3.78. The average molecular weight is 364 g/mol. The van der Waals surface area contributed by atoms with Crippen molar-refractivity contribution in [1.82, 2.24) is 9.80 Å². The fourth-order valence-electron chi connectivity index (χ4n) is 2.77. The quantitative estimate of drug-likeness (QED) is 0.797. The summed E-state index contributed by atoms with van der Waals surface area (Å²) in [5.74, 6) is -1.96. The van der Waals surface area contributed by atoms with Gasteiger partial charge in [-0.2, -0.15) is 0 Å². The number of nitrogens with zero attached hydrogens (tertiary/aromatic N) is 2. The Balaban J connectivity index is 0.000000511. The van der Waals surface area contributed by atoms with Gasteiger partial charge < -0.3 is 15.1 Å². The van der Waals surface area contributed by atoms with E-state index in [0.29, 0.717) is 4.91 Å². The van der Waals surface area contributed by atoms with Crippen molar-refractivity contribution in [3.63, 3.8) is 0 Å². The van der Waals surface area contributed by atoms with E-state index >= 15 is 0 Å². The van der Waals surface area contributed by atoms with Gasteiger partial charge in [0.15, 0.2) is 0 Å². The predicted octanol–water partition coefficient (Wildman–Crippen LogP) is 1.84. The molecular weight excluding hydrogens is 340 g/mol. The molecule has 2 heterocycles. The number of aliphatic hydroxyl groups excluding tert-OH is 1. The van der Waals surface area contributed by atoms with Crippen molar-refractivity contribution < 1.29 is 19.8 Å². The molecule has 2 aliphatic heterocycles. The molecule has 1 aromatic carbocycles. The molecule has 3 atom stereocenters. The normalized spacial score (nSPS) is 23.0. The van der Waals surface area contributed by atoms with Crippen LogP contribution in [0.5, 0.6) is 0 Å². The number of rotatable bonds is 3. The second-order valence-electron chi connectivity index (χ2n) is 6.68. The van der Waals surface area contributed by atoms with Crippen LogP contribution in [0.3, 0.4) is 0 Å². The van der Waals surface area contributed by atoms with Crippen molar-refractivity contribution >= 4 is 28.5 Å². The lowest BCUT2D eigenvalue weighted by atomic mass is 9.92. The van der Waals surface area contributed by atoms with Gasteiger partial charge in [-0.25, -0.2) is 4.79 Å². The van der Waals surface area contributed by atoms with Crippen molar-refractivity contribution in [1.29, 1.82) is 0 Å². The van der Waals surface area contributed by atoms with Gasteiger partial charge in [0.1, 0.15) is 11.1 Å². The van der Waals surface area contributed by atoms with E-state index in [2.05, 4.69) is 0 Å². The van der Waals surface area contributed by atoms with Gasteiger partial charge in [0.25, 0.3) is 0 Å². The van der Waals surface area contributed by atoms with Crippen LogP contribution >= 0.6 is 11.8 Å². The molecule has 2 N–H and O–H groups in total. The van der Waals surface area contributed by atoms with Crippen LogP contribution in [0.2, 0.25) is 0 Å². The molecule has 7 heteroatoms. The Morgan fingerprint density at radius 3 is 2.40 bits per heavy atom. The molecule has 0 aliphatic carbocycles. The minimum Gasteiger partial charge on any atom is -0.477 e. The van der Waals surface area contributed by atoms with E-state index in [4.69, 9.17) is 0 Å². The first-order chi connectivity index (χ1) is 11.6. The topological polar surface area (TPSA) is 81.1 Å². The molecule has 6 nitrogen and oxygen atoms in total. The smallest absolute Gasteiger partial charge is 0.353 e. The fourth-order valence-corrected chi connectivity index (χ4v) is 4.38.